The highest BCUT2D eigenvalue weighted by molar-refractivity contribution is 5.75. The zero-order valence-corrected chi connectivity index (χ0v) is 8.79. The Morgan fingerprint density at radius 3 is 2.60 bits per heavy atom. The van der Waals surface area contributed by atoms with Crippen LogP contribution in [0.3, 0.4) is 0 Å². The van der Waals surface area contributed by atoms with Gasteiger partial charge in [-0.15, -0.1) is 0 Å². The van der Waals surface area contributed by atoms with Gasteiger partial charge in [0.2, 0.25) is 0 Å². The number of halogens is 1. The molecule has 1 N–H and O–H groups in total. The van der Waals surface area contributed by atoms with Gasteiger partial charge in [-0.25, -0.2) is 4.39 Å². The third kappa shape index (κ3) is 3.67. The van der Waals surface area contributed by atoms with Gasteiger partial charge >= 0.3 is 5.97 Å². The minimum atomic E-state index is -0.361. The maximum absolute atomic E-state index is 12.6. The van der Waals surface area contributed by atoms with Crippen LogP contribution in [-0.4, -0.2) is 19.1 Å². The Bertz CT molecular complexity index is 324. The lowest BCUT2D eigenvalue weighted by atomic mass is 10.2. The zero-order chi connectivity index (χ0) is 11.3. The Labute approximate surface area is 88.2 Å². The smallest absolute Gasteiger partial charge is 0.322 e. The van der Waals surface area contributed by atoms with Gasteiger partial charge < -0.3 is 10.1 Å². The third-order valence-electron chi connectivity index (χ3n) is 2.08. The van der Waals surface area contributed by atoms with Crippen LogP contribution >= 0.6 is 0 Å². The van der Waals surface area contributed by atoms with Crippen molar-refractivity contribution in [2.45, 2.75) is 19.5 Å². The second kappa shape index (κ2) is 5.46. The molecule has 1 rings (SSSR count). The van der Waals surface area contributed by atoms with Crippen LogP contribution in [-0.2, 0) is 16.1 Å². The van der Waals surface area contributed by atoms with Gasteiger partial charge in [0, 0.05) is 6.54 Å². The van der Waals surface area contributed by atoms with Crippen molar-refractivity contribution in [3.05, 3.63) is 35.6 Å². The van der Waals surface area contributed by atoms with E-state index in [0.29, 0.717) is 6.54 Å². The largest absolute Gasteiger partial charge is 0.468 e. The number of rotatable bonds is 4. The first kappa shape index (κ1) is 11.7. The topological polar surface area (TPSA) is 38.3 Å². The van der Waals surface area contributed by atoms with E-state index in [-0.39, 0.29) is 17.8 Å². The molecule has 0 aliphatic carbocycles. The number of hydrogen-bond donors (Lipinski definition) is 1. The van der Waals surface area contributed by atoms with Crippen molar-refractivity contribution in [3.63, 3.8) is 0 Å². The molecule has 15 heavy (non-hydrogen) atoms. The summed E-state index contributed by atoms with van der Waals surface area (Å²) in [7, 11) is 1.35. The van der Waals surface area contributed by atoms with E-state index in [4.69, 9.17) is 0 Å². The highest BCUT2D eigenvalue weighted by Gasteiger charge is 2.11. The molecular formula is C11H14FNO2. The number of carbonyl (C=O) groups is 1. The van der Waals surface area contributed by atoms with Crippen LogP contribution in [0.1, 0.15) is 12.5 Å². The van der Waals surface area contributed by atoms with Crippen LogP contribution in [0.4, 0.5) is 4.39 Å². The summed E-state index contributed by atoms with van der Waals surface area (Å²) < 4.78 is 17.1. The van der Waals surface area contributed by atoms with Gasteiger partial charge in [-0.1, -0.05) is 12.1 Å². The molecule has 1 unspecified atom stereocenters. The van der Waals surface area contributed by atoms with E-state index >= 15 is 0 Å². The first-order chi connectivity index (χ1) is 7.13. The summed E-state index contributed by atoms with van der Waals surface area (Å²) in [6, 6.07) is 5.76. The fraction of sp³-hybridized carbons (Fsp3) is 0.364. The van der Waals surface area contributed by atoms with Crippen molar-refractivity contribution >= 4 is 5.97 Å². The summed E-state index contributed by atoms with van der Waals surface area (Å²) in [6.45, 7) is 2.23. The summed E-state index contributed by atoms with van der Waals surface area (Å²) in [6.07, 6.45) is 0. The highest BCUT2D eigenvalue weighted by atomic mass is 19.1. The van der Waals surface area contributed by atoms with Gasteiger partial charge in [0.25, 0.3) is 0 Å². The monoisotopic (exact) mass is 211 g/mol. The summed E-state index contributed by atoms with van der Waals surface area (Å²) in [5.74, 6) is -0.572. The van der Waals surface area contributed by atoms with Crippen LogP contribution in [0, 0.1) is 5.82 Å². The Morgan fingerprint density at radius 1 is 1.47 bits per heavy atom. The van der Waals surface area contributed by atoms with Crippen LogP contribution in [0.15, 0.2) is 24.3 Å². The maximum atomic E-state index is 12.6. The van der Waals surface area contributed by atoms with Crippen LogP contribution in [0.5, 0.6) is 0 Å². The Hall–Kier alpha value is -1.42. The molecule has 1 atom stereocenters. The Kier molecular flexibility index (Phi) is 4.24. The van der Waals surface area contributed by atoms with Crippen molar-refractivity contribution in [1.82, 2.24) is 5.32 Å². The SMILES string of the molecule is COC(=O)C(C)NCc1ccc(F)cc1. The molecule has 0 aliphatic heterocycles. The fourth-order valence-corrected chi connectivity index (χ4v) is 1.13. The van der Waals surface area contributed by atoms with E-state index in [1.165, 1.54) is 19.2 Å². The normalized spacial score (nSPS) is 12.2. The Balaban J connectivity index is 2.43. The van der Waals surface area contributed by atoms with Crippen molar-refractivity contribution in [3.8, 4) is 0 Å². The second-order valence-electron chi connectivity index (χ2n) is 3.25. The highest BCUT2D eigenvalue weighted by Crippen LogP contribution is 2.02. The predicted octanol–water partition coefficient (Wildman–Crippen LogP) is 1.48. The van der Waals surface area contributed by atoms with Crippen molar-refractivity contribution in [2.24, 2.45) is 0 Å². The molecule has 0 amide bonds. The average molecular weight is 211 g/mol. The number of methoxy groups -OCH3 is 1. The summed E-state index contributed by atoms with van der Waals surface area (Å²) in [5.41, 5.74) is 0.923. The number of ether oxygens (including phenoxy) is 1. The number of nitrogens with one attached hydrogen (secondary N) is 1. The van der Waals surface area contributed by atoms with E-state index in [1.54, 1.807) is 19.1 Å². The molecule has 3 nitrogen and oxygen atoms in total. The summed E-state index contributed by atoms with van der Waals surface area (Å²) in [5, 5.41) is 2.97. The quantitative estimate of drug-likeness (QED) is 0.766. The van der Waals surface area contributed by atoms with Gasteiger partial charge in [-0.3, -0.25) is 4.79 Å². The minimum Gasteiger partial charge on any atom is -0.468 e. The molecule has 0 aromatic heterocycles. The van der Waals surface area contributed by atoms with Crippen molar-refractivity contribution in [2.75, 3.05) is 7.11 Å². The molecule has 0 aliphatic rings. The first-order valence-electron chi connectivity index (χ1n) is 4.69. The van der Waals surface area contributed by atoms with Gasteiger partial charge in [-0.2, -0.15) is 0 Å². The number of esters is 1. The van der Waals surface area contributed by atoms with Gasteiger partial charge in [0.05, 0.1) is 7.11 Å². The third-order valence-corrected chi connectivity index (χ3v) is 2.08. The molecule has 4 heteroatoms. The molecule has 0 saturated carbocycles. The van der Waals surface area contributed by atoms with Gasteiger partial charge in [-0.05, 0) is 24.6 Å². The first-order valence-corrected chi connectivity index (χ1v) is 4.69. The molecule has 0 heterocycles. The van der Waals surface area contributed by atoms with E-state index in [2.05, 4.69) is 10.1 Å². The lowest BCUT2D eigenvalue weighted by Gasteiger charge is -2.11. The van der Waals surface area contributed by atoms with Gasteiger partial charge in [0.15, 0.2) is 0 Å². The Morgan fingerprint density at radius 2 is 2.07 bits per heavy atom. The molecule has 0 saturated heterocycles. The molecule has 0 fully saturated rings. The van der Waals surface area contributed by atoms with E-state index in [0.717, 1.165) is 5.56 Å². The fourth-order valence-electron chi connectivity index (χ4n) is 1.13. The lowest BCUT2D eigenvalue weighted by Crippen LogP contribution is -2.34. The van der Waals surface area contributed by atoms with Crippen molar-refractivity contribution in [1.29, 1.82) is 0 Å². The summed E-state index contributed by atoms with van der Waals surface area (Å²) >= 11 is 0. The van der Waals surface area contributed by atoms with Crippen LogP contribution in [0.2, 0.25) is 0 Å². The second-order valence-corrected chi connectivity index (χ2v) is 3.25. The summed E-state index contributed by atoms with van der Waals surface area (Å²) in [4.78, 5) is 11.0. The maximum Gasteiger partial charge on any atom is 0.322 e. The minimum absolute atomic E-state index is 0.264. The van der Waals surface area contributed by atoms with Crippen LogP contribution in [0.25, 0.3) is 0 Å². The van der Waals surface area contributed by atoms with Crippen molar-refractivity contribution < 1.29 is 13.9 Å². The molecule has 0 spiro atoms. The van der Waals surface area contributed by atoms with Crippen LogP contribution < -0.4 is 5.32 Å². The number of carbonyl (C=O) groups excluding carboxylic acids is 1. The van der Waals surface area contributed by atoms with Gasteiger partial charge in [0.1, 0.15) is 11.9 Å². The number of hydrogen-bond acceptors (Lipinski definition) is 3. The standard InChI is InChI=1S/C11H14FNO2/c1-8(11(14)15-2)13-7-9-3-5-10(12)6-4-9/h3-6,8,13H,7H2,1-2H3. The zero-order valence-electron chi connectivity index (χ0n) is 8.79. The molecule has 82 valence electrons. The predicted molar refractivity (Wildman–Crippen MR) is 54.7 cm³/mol. The average Bonchev–Trinajstić information content (AvgIpc) is 2.26. The van der Waals surface area contributed by atoms with E-state index < -0.39 is 0 Å². The molecular weight excluding hydrogens is 197 g/mol. The molecule has 0 bridgehead atoms. The molecule has 0 radical (unpaired) electrons. The number of benzene rings is 1. The lowest BCUT2D eigenvalue weighted by molar-refractivity contribution is -0.142. The van der Waals surface area contributed by atoms with E-state index in [1.807, 2.05) is 0 Å². The molecule has 1 aromatic rings. The molecule has 1 aromatic carbocycles. The van der Waals surface area contributed by atoms with E-state index in [9.17, 15) is 9.18 Å².